The van der Waals surface area contributed by atoms with Crippen molar-refractivity contribution in [2.45, 2.75) is 4.90 Å². The minimum absolute atomic E-state index is 0.389. The Kier molecular flexibility index (Phi) is 4.60. The van der Waals surface area contributed by atoms with Crippen molar-refractivity contribution in [1.82, 2.24) is 14.3 Å². The Morgan fingerprint density at radius 3 is 2.81 bits per heavy atom. The largest absolute Gasteiger partial charge is 0.494 e. The fourth-order valence-electron chi connectivity index (χ4n) is 3.20. The summed E-state index contributed by atoms with van der Waals surface area (Å²) in [7, 11) is -0.0416. The number of nitrogens with one attached hydrogen (secondary N) is 1. The molecule has 1 unspecified atom stereocenters. The van der Waals surface area contributed by atoms with Crippen molar-refractivity contribution in [3.05, 3.63) is 48.5 Å². The first-order valence-corrected chi connectivity index (χ1v) is 9.47. The summed E-state index contributed by atoms with van der Waals surface area (Å²) in [5, 5.41) is 3.32. The molecule has 1 fully saturated rings. The molecule has 3 aromatic rings. The molecule has 26 heavy (non-hydrogen) atoms. The minimum Gasteiger partial charge on any atom is -0.494 e. The van der Waals surface area contributed by atoms with Crippen LogP contribution in [0.2, 0.25) is 0 Å². The number of hydrogen-bond acceptors (Lipinski definition) is 5. The number of piperazine rings is 1. The van der Waals surface area contributed by atoms with Crippen LogP contribution in [0.3, 0.4) is 0 Å². The number of hydrogen-bond donors (Lipinski definition) is 1. The van der Waals surface area contributed by atoms with Gasteiger partial charge in [-0.2, -0.15) is 0 Å². The van der Waals surface area contributed by atoms with Crippen LogP contribution in [0.5, 0.6) is 5.75 Å². The van der Waals surface area contributed by atoms with Crippen LogP contribution >= 0.6 is 0 Å². The van der Waals surface area contributed by atoms with Crippen molar-refractivity contribution in [1.29, 1.82) is 0 Å². The number of rotatable bonds is 4. The van der Waals surface area contributed by atoms with Crippen molar-refractivity contribution in [3.63, 3.8) is 0 Å². The zero-order valence-electron chi connectivity index (χ0n) is 14.3. The van der Waals surface area contributed by atoms with Crippen LogP contribution in [-0.2, 0) is 11.0 Å². The molecule has 0 aliphatic carbocycles. The van der Waals surface area contributed by atoms with Crippen molar-refractivity contribution in [3.8, 4) is 5.75 Å². The quantitative estimate of drug-likeness (QED) is 0.758. The molecule has 2 aromatic heterocycles. The number of methoxy groups -OCH3 is 1. The molecular weight excluding hydrogens is 355 g/mol. The number of anilines is 1. The highest BCUT2D eigenvalue weighted by Gasteiger charge is 2.23. The molecule has 1 saturated heterocycles. The molecule has 136 valence electrons. The van der Waals surface area contributed by atoms with E-state index in [-0.39, 0.29) is 0 Å². The van der Waals surface area contributed by atoms with Gasteiger partial charge in [0.15, 0.2) is 11.0 Å². The first-order valence-electron chi connectivity index (χ1n) is 8.36. The van der Waals surface area contributed by atoms with Gasteiger partial charge in [0, 0.05) is 44.6 Å². The van der Waals surface area contributed by atoms with Gasteiger partial charge < -0.3 is 15.0 Å². The van der Waals surface area contributed by atoms with E-state index in [9.17, 15) is 8.60 Å². The average molecular weight is 374 g/mol. The molecule has 0 spiro atoms. The third-order valence-electron chi connectivity index (χ3n) is 4.44. The first kappa shape index (κ1) is 17.0. The Hall–Kier alpha value is -2.45. The smallest absolute Gasteiger partial charge is 0.157 e. The number of aromatic nitrogens is 2. The van der Waals surface area contributed by atoms with Gasteiger partial charge in [0.05, 0.1) is 17.7 Å². The van der Waals surface area contributed by atoms with Crippen LogP contribution in [0.25, 0.3) is 11.0 Å². The highest BCUT2D eigenvalue weighted by atomic mass is 32.2. The normalized spacial score (nSPS) is 16.0. The number of fused-ring (bicyclic) bond motifs is 1. The molecule has 4 rings (SSSR count). The van der Waals surface area contributed by atoms with Crippen LogP contribution in [-0.4, -0.2) is 46.5 Å². The van der Waals surface area contributed by atoms with E-state index in [1.165, 1.54) is 12.1 Å². The lowest BCUT2D eigenvalue weighted by Crippen LogP contribution is -2.43. The van der Waals surface area contributed by atoms with Gasteiger partial charge in [-0.05, 0) is 18.2 Å². The predicted molar refractivity (Wildman–Crippen MR) is 99.6 cm³/mol. The number of benzene rings is 1. The maximum absolute atomic E-state index is 13.6. The predicted octanol–water partition coefficient (Wildman–Crippen LogP) is 2.16. The SMILES string of the molecule is COc1ccnc2c(N3CCNCC3)cn(S(=O)c3cccc(F)c3)c12. The molecular formula is C18H19FN4O2S. The van der Waals surface area contributed by atoms with Gasteiger partial charge in [0.25, 0.3) is 0 Å². The van der Waals surface area contributed by atoms with E-state index in [1.54, 1.807) is 35.5 Å². The monoisotopic (exact) mass is 374 g/mol. The molecule has 1 aromatic carbocycles. The second-order valence-electron chi connectivity index (χ2n) is 5.99. The number of ether oxygens (including phenoxy) is 1. The second kappa shape index (κ2) is 7.05. The maximum Gasteiger partial charge on any atom is 0.157 e. The highest BCUT2D eigenvalue weighted by Crippen LogP contribution is 2.35. The van der Waals surface area contributed by atoms with Crippen molar-refractivity contribution < 1.29 is 13.3 Å². The molecule has 1 N–H and O–H groups in total. The summed E-state index contributed by atoms with van der Waals surface area (Å²) < 4.78 is 33.9. The lowest BCUT2D eigenvalue weighted by molar-refractivity contribution is 0.418. The van der Waals surface area contributed by atoms with Crippen molar-refractivity contribution >= 4 is 27.7 Å². The molecule has 0 amide bonds. The molecule has 0 radical (unpaired) electrons. The third kappa shape index (κ3) is 2.95. The number of halogens is 1. The fourth-order valence-corrected chi connectivity index (χ4v) is 4.37. The first-order chi connectivity index (χ1) is 12.7. The fraction of sp³-hybridized carbons (Fsp3) is 0.278. The van der Waals surface area contributed by atoms with Crippen molar-refractivity contribution in [2.24, 2.45) is 0 Å². The highest BCUT2D eigenvalue weighted by molar-refractivity contribution is 7.83. The Bertz CT molecular complexity index is 969. The summed E-state index contributed by atoms with van der Waals surface area (Å²) in [4.78, 5) is 7.11. The minimum atomic E-state index is -1.61. The van der Waals surface area contributed by atoms with E-state index in [1.807, 2.05) is 6.20 Å². The third-order valence-corrected chi connectivity index (χ3v) is 5.75. The molecule has 6 nitrogen and oxygen atoms in total. The molecule has 1 aliphatic heterocycles. The lowest BCUT2D eigenvalue weighted by Gasteiger charge is -2.28. The summed E-state index contributed by atoms with van der Waals surface area (Å²) >= 11 is 0. The zero-order chi connectivity index (χ0) is 18.1. The van der Waals surface area contributed by atoms with E-state index in [0.717, 1.165) is 37.4 Å². The van der Waals surface area contributed by atoms with Crippen LogP contribution in [0.4, 0.5) is 10.1 Å². The standard InChI is InChI=1S/C18H19FN4O2S/c1-25-16-5-6-21-17-15(22-9-7-20-8-10-22)12-23(18(16)17)26(24)14-4-2-3-13(19)11-14/h2-6,11-12,20H,7-10H2,1H3. The lowest BCUT2D eigenvalue weighted by atomic mass is 10.3. The van der Waals surface area contributed by atoms with Crippen LogP contribution in [0, 0.1) is 5.82 Å². The van der Waals surface area contributed by atoms with Crippen LogP contribution in [0.15, 0.2) is 47.6 Å². The number of nitrogens with zero attached hydrogens (tertiary/aromatic N) is 3. The van der Waals surface area contributed by atoms with Gasteiger partial charge in [-0.1, -0.05) is 6.07 Å². The number of pyridine rings is 1. The summed E-state index contributed by atoms with van der Waals surface area (Å²) in [6, 6.07) is 7.57. The molecule has 1 atom stereocenters. The van der Waals surface area contributed by atoms with Gasteiger partial charge in [-0.25, -0.2) is 8.60 Å². The summed E-state index contributed by atoms with van der Waals surface area (Å²) in [5.41, 5.74) is 2.28. The molecule has 3 heterocycles. The Labute approximate surface area is 153 Å². The van der Waals surface area contributed by atoms with Crippen LogP contribution in [0.1, 0.15) is 0 Å². The topological polar surface area (TPSA) is 59.4 Å². The van der Waals surface area contributed by atoms with E-state index in [0.29, 0.717) is 16.2 Å². The van der Waals surface area contributed by atoms with Gasteiger partial charge in [-0.15, -0.1) is 0 Å². The van der Waals surface area contributed by atoms with Gasteiger partial charge in [0.1, 0.15) is 22.6 Å². The Morgan fingerprint density at radius 2 is 2.08 bits per heavy atom. The maximum atomic E-state index is 13.6. The summed E-state index contributed by atoms with van der Waals surface area (Å²) in [6.07, 6.45) is 3.51. The van der Waals surface area contributed by atoms with Gasteiger partial charge in [-0.3, -0.25) is 8.96 Å². The zero-order valence-corrected chi connectivity index (χ0v) is 15.1. The summed E-state index contributed by atoms with van der Waals surface area (Å²) in [6.45, 7) is 3.43. The van der Waals surface area contributed by atoms with E-state index in [2.05, 4.69) is 15.2 Å². The molecule has 8 heteroatoms. The molecule has 0 bridgehead atoms. The van der Waals surface area contributed by atoms with Crippen molar-refractivity contribution in [2.75, 3.05) is 38.2 Å². The molecule has 0 saturated carbocycles. The molecule has 1 aliphatic rings. The van der Waals surface area contributed by atoms with E-state index >= 15 is 0 Å². The van der Waals surface area contributed by atoms with E-state index < -0.39 is 16.8 Å². The van der Waals surface area contributed by atoms with Crippen LogP contribution < -0.4 is 15.0 Å². The van der Waals surface area contributed by atoms with E-state index in [4.69, 9.17) is 4.74 Å². The second-order valence-corrected chi connectivity index (χ2v) is 7.36. The van der Waals surface area contributed by atoms with Gasteiger partial charge >= 0.3 is 0 Å². The van der Waals surface area contributed by atoms with Gasteiger partial charge in [0.2, 0.25) is 0 Å². The Balaban J connectivity index is 1.89. The average Bonchev–Trinajstić information content (AvgIpc) is 3.08. The summed E-state index contributed by atoms with van der Waals surface area (Å²) in [5.74, 6) is 0.167. The Morgan fingerprint density at radius 1 is 1.27 bits per heavy atom.